The van der Waals surface area contributed by atoms with Crippen LogP contribution in [0.15, 0.2) is 40.5 Å². The minimum Gasteiger partial charge on any atom is -0.454 e. The second kappa shape index (κ2) is 6.75. The molecular formula is C15H10F2N2O4S. The van der Waals surface area contributed by atoms with Crippen molar-refractivity contribution in [2.75, 3.05) is 0 Å². The van der Waals surface area contributed by atoms with E-state index in [1.165, 1.54) is 29.5 Å². The van der Waals surface area contributed by atoms with Gasteiger partial charge in [0.15, 0.2) is 0 Å². The summed E-state index contributed by atoms with van der Waals surface area (Å²) < 4.78 is 34.1. The first-order valence-electron chi connectivity index (χ1n) is 6.71. The van der Waals surface area contributed by atoms with Crippen LogP contribution >= 0.6 is 11.3 Å². The summed E-state index contributed by atoms with van der Waals surface area (Å²) in [4.78, 5) is 30.5. The summed E-state index contributed by atoms with van der Waals surface area (Å²) >= 11 is 1.26. The lowest BCUT2D eigenvalue weighted by molar-refractivity contribution is -0.0499. The first kappa shape index (κ1) is 16.1. The van der Waals surface area contributed by atoms with Crippen molar-refractivity contribution in [2.24, 2.45) is 0 Å². The summed E-state index contributed by atoms with van der Waals surface area (Å²) in [7, 11) is 0. The number of rotatable bonds is 5. The van der Waals surface area contributed by atoms with Gasteiger partial charge in [0.1, 0.15) is 22.9 Å². The molecule has 0 aliphatic rings. The number of hydrogen-bond acceptors (Lipinski definition) is 6. The summed E-state index contributed by atoms with van der Waals surface area (Å²) in [5.41, 5.74) is 0.252. The van der Waals surface area contributed by atoms with Crippen molar-refractivity contribution in [1.82, 2.24) is 9.97 Å². The molecular weight excluding hydrogens is 342 g/mol. The molecule has 6 nitrogen and oxygen atoms in total. The largest absolute Gasteiger partial charge is 0.454 e. The summed E-state index contributed by atoms with van der Waals surface area (Å²) in [5.74, 6) is -0.701. The first-order chi connectivity index (χ1) is 11.5. The van der Waals surface area contributed by atoms with Gasteiger partial charge in [0.25, 0.3) is 5.56 Å². The van der Waals surface area contributed by atoms with E-state index in [9.17, 15) is 18.4 Å². The third-order valence-corrected chi connectivity index (χ3v) is 3.90. The number of hydrogen-bond donors (Lipinski definition) is 1. The van der Waals surface area contributed by atoms with Crippen molar-refractivity contribution >= 4 is 27.5 Å². The topological polar surface area (TPSA) is 81.3 Å². The minimum atomic E-state index is -2.98. The number of halogens is 2. The predicted octanol–water partition coefficient (Wildman–Crippen LogP) is 2.94. The number of H-pyrrole nitrogens is 1. The SMILES string of the molecule is O=C(OCc1nc2ccsc2c(=O)[nH]1)c1cccc(OC(F)F)c1. The molecule has 0 fully saturated rings. The Morgan fingerprint density at radius 3 is 2.96 bits per heavy atom. The number of nitrogens with one attached hydrogen (secondary N) is 1. The predicted molar refractivity (Wildman–Crippen MR) is 82.4 cm³/mol. The van der Waals surface area contributed by atoms with Gasteiger partial charge in [0.05, 0.1) is 11.1 Å². The Kier molecular flexibility index (Phi) is 4.52. The molecule has 2 heterocycles. The average Bonchev–Trinajstić information content (AvgIpc) is 3.01. The van der Waals surface area contributed by atoms with Crippen molar-refractivity contribution in [3.63, 3.8) is 0 Å². The number of carbonyl (C=O) groups is 1. The molecule has 0 amide bonds. The summed E-state index contributed by atoms with van der Waals surface area (Å²) in [6.07, 6.45) is 0. The Morgan fingerprint density at radius 2 is 2.17 bits per heavy atom. The Bertz CT molecular complexity index is 938. The van der Waals surface area contributed by atoms with Gasteiger partial charge in [-0.3, -0.25) is 4.79 Å². The fraction of sp³-hybridized carbons (Fsp3) is 0.133. The second-order valence-electron chi connectivity index (χ2n) is 4.63. The van der Waals surface area contributed by atoms with Crippen LogP contribution < -0.4 is 10.3 Å². The van der Waals surface area contributed by atoms with Crippen molar-refractivity contribution in [2.45, 2.75) is 13.2 Å². The molecule has 1 aromatic carbocycles. The van der Waals surface area contributed by atoms with Gasteiger partial charge in [-0.15, -0.1) is 11.3 Å². The van der Waals surface area contributed by atoms with Gasteiger partial charge in [-0.1, -0.05) is 6.07 Å². The molecule has 2 aromatic heterocycles. The maximum absolute atomic E-state index is 12.2. The Hall–Kier alpha value is -2.81. The van der Waals surface area contributed by atoms with Crippen LogP contribution in [0.1, 0.15) is 16.2 Å². The van der Waals surface area contributed by atoms with E-state index in [-0.39, 0.29) is 29.3 Å². The molecule has 0 aliphatic carbocycles. The molecule has 0 radical (unpaired) electrons. The molecule has 0 saturated heterocycles. The lowest BCUT2D eigenvalue weighted by Crippen LogP contribution is -2.13. The highest BCUT2D eigenvalue weighted by Crippen LogP contribution is 2.17. The highest BCUT2D eigenvalue weighted by molar-refractivity contribution is 7.17. The van der Waals surface area contributed by atoms with Crippen LogP contribution in [0.5, 0.6) is 5.75 Å². The zero-order chi connectivity index (χ0) is 17.1. The molecule has 0 atom stereocenters. The quantitative estimate of drug-likeness (QED) is 0.714. The highest BCUT2D eigenvalue weighted by Gasteiger charge is 2.12. The molecule has 0 spiro atoms. The fourth-order valence-corrected chi connectivity index (χ4v) is 2.73. The number of nitrogens with zero attached hydrogens (tertiary/aromatic N) is 1. The van der Waals surface area contributed by atoms with E-state index in [1.807, 2.05) is 0 Å². The van der Waals surface area contributed by atoms with Crippen LogP contribution in [0, 0.1) is 0 Å². The molecule has 0 aliphatic heterocycles. The van der Waals surface area contributed by atoms with Crippen molar-refractivity contribution < 1.29 is 23.0 Å². The van der Waals surface area contributed by atoms with E-state index in [0.29, 0.717) is 10.2 Å². The Labute approximate surface area is 137 Å². The number of alkyl halides is 2. The molecule has 3 aromatic rings. The van der Waals surface area contributed by atoms with E-state index in [2.05, 4.69) is 14.7 Å². The molecule has 0 unspecified atom stereocenters. The molecule has 0 saturated carbocycles. The highest BCUT2D eigenvalue weighted by atomic mass is 32.1. The number of aromatic amines is 1. The Balaban J connectivity index is 1.71. The van der Waals surface area contributed by atoms with Crippen LogP contribution in [-0.2, 0) is 11.3 Å². The molecule has 24 heavy (non-hydrogen) atoms. The lowest BCUT2D eigenvalue weighted by Gasteiger charge is -2.07. The van der Waals surface area contributed by atoms with Gasteiger partial charge < -0.3 is 14.5 Å². The van der Waals surface area contributed by atoms with Gasteiger partial charge in [-0.25, -0.2) is 9.78 Å². The third-order valence-electron chi connectivity index (χ3n) is 3.00. The van der Waals surface area contributed by atoms with Crippen LogP contribution in [-0.4, -0.2) is 22.5 Å². The summed E-state index contributed by atoms with van der Waals surface area (Å²) in [6, 6.07) is 6.93. The molecule has 124 valence electrons. The van der Waals surface area contributed by atoms with E-state index >= 15 is 0 Å². The summed E-state index contributed by atoms with van der Waals surface area (Å²) in [6.45, 7) is -3.23. The fourth-order valence-electron chi connectivity index (χ4n) is 2.01. The standard InChI is InChI=1S/C15H10F2N2O4S/c16-15(17)23-9-3-1-2-8(6-9)14(21)22-7-11-18-10-4-5-24-12(10)13(20)19-11/h1-6,15H,7H2,(H,18,19,20). The zero-order valence-corrected chi connectivity index (χ0v) is 12.8. The Morgan fingerprint density at radius 1 is 1.33 bits per heavy atom. The smallest absolute Gasteiger partial charge is 0.387 e. The van der Waals surface area contributed by atoms with E-state index in [0.717, 1.165) is 6.07 Å². The monoisotopic (exact) mass is 352 g/mol. The van der Waals surface area contributed by atoms with Crippen LogP contribution in [0.3, 0.4) is 0 Å². The van der Waals surface area contributed by atoms with Crippen LogP contribution in [0.25, 0.3) is 10.2 Å². The average molecular weight is 352 g/mol. The lowest BCUT2D eigenvalue weighted by atomic mass is 10.2. The maximum Gasteiger partial charge on any atom is 0.387 e. The normalized spacial score (nSPS) is 11.0. The number of esters is 1. The molecule has 1 N–H and O–H groups in total. The van der Waals surface area contributed by atoms with E-state index in [1.54, 1.807) is 11.4 Å². The molecule has 0 bridgehead atoms. The van der Waals surface area contributed by atoms with E-state index < -0.39 is 12.6 Å². The van der Waals surface area contributed by atoms with Gasteiger partial charge in [-0.05, 0) is 29.6 Å². The number of ether oxygens (including phenoxy) is 2. The van der Waals surface area contributed by atoms with Gasteiger partial charge in [-0.2, -0.15) is 8.78 Å². The van der Waals surface area contributed by atoms with Gasteiger partial charge in [0, 0.05) is 0 Å². The first-order valence-corrected chi connectivity index (χ1v) is 7.59. The molecule has 9 heteroatoms. The van der Waals surface area contributed by atoms with Crippen molar-refractivity contribution in [3.8, 4) is 5.75 Å². The second-order valence-corrected chi connectivity index (χ2v) is 5.55. The maximum atomic E-state index is 12.2. The number of carbonyl (C=O) groups excluding carboxylic acids is 1. The van der Waals surface area contributed by atoms with Crippen LogP contribution in [0.4, 0.5) is 8.78 Å². The number of thiophene rings is 1. The van der Waals surface area contributed by atoms with E-state index in [4.69, 9.17) is 4.74 Å². The number of benzene rings is 1. The van der Waals surface area contributed by atoms with Gasteiger partial charge >= 0.3 is 12.6 Å². The van der Waals surface area contributed by atoms with Crippen molar-refractivity contribution in [1.29, 1.82) is 0 Å². The van der Waals surface area contributed by atoms with Crippen molar-refractivity contribution in [3.05, 3.63) is 57.5 Å². The summed E-state index contributed by atoms with van der Waals surface area (Å²) in [5, 5.41) is 1.73. The number of fused-ring (bicyclic) bond motifs is 1. The van der Waals surface area contributed by atoms with Crippen LogP contribution in [0.2, 0.25) is 0 Å². The zero-order valence-electron chi connectivity index (χ0n) is 12.0. The van der Waals surface area contributed by atoms with Gasteiger partial charge in [0.2, 0.25) is 0 Å². The molecule has 3 rings (SSSR count). The third kappa shape index (κ3) is 3.57. The minimum absolute atomic E-state index is 0.0482. The number of aromatic nitrogens is 2.